The molecule has 0 aliphatic rings. The fourth-order valence-corrected chi connectivity index (χ4v) is 2.04. The second-order valence-electron chi connectivity index (χ2n) is 3.09. The van der Waals surface area contributed by atoms with Crippen molar-refractivity contribution in [3.8, 4) is 0 Å². The van der Waals surface area contributed by atoms with Crippen molar-refractivity contribution in [3.05, 3.63) is 27.6 Å². The van der Waals surface area contributed by atoms with Gasteiger partial charge >= 0.3 is 0 Å². The highest BCUT2D eigenvalue weighted by atomic mass is 127. The Morgan fingerprint density at radius 2 is 2.29 bits per heavy atom. The van der Waals surface area contributed by atoms with Gasteiger partial charge in [0.2, 0.25) is 0 Å². The van der Waals surface area contributed by atoms with E-state index in [4.69, 9.17) is 0 Å². The van der Waals surface area contributed by atoms with E-state index in [1.807, 2.05) is 13.1 Å². The number of fused-ring (bicyclic) bond motifs is 1. The van der Waals surface area contributed by atoms with Crippen LogP contribution < -0.4 is 5.32 Å². The first-order valence-corrected chi connectivity index (χ1v) is 5.68. The van der Waals surface area contributed by atoms with Gasteiger partial charge in [0.25, 0.3) is 0 Å². The highest BCUT2D eigenvalue weighted by Gasteiger charge is 2.08. The minimum atomic E-state index is 0.953. The number of aromatic nitrogens is 2. The molecular formula is C10H12IN3. The topological polar surface area (TPSA) is 29.3 Å². The Hall–Kier alpha value is -0.780. The third-order valence-electron chi connectivity index (χ3n) is 2.23. The summed E-state index contributed by atoms with van der Waals surface area (Å²) in [7, 11) is 1.93. The number of hydrogen-bond donors (Lipinski definition) is 1. The summed E-state index contributed by atoms with van der Waals surface area (Å²) in [5, 5.41) is 3.19. The molecule has 74 valence electrons. The number of halogens is 1. The number of nitrogens with one attached hydrogen (secondary N) is 1. The fraction of sp³-hybridized carbons (Fsp3) is 0.300. The van der Waals surface area contributed by atoms with Gasteiger partial charge in [0.15, 0.2) is 0 Å². The first kappa shape index (κ1) is 9.76. The van der Waals surface area contributed by atoms with E-state index in [0.717, 1.165) is 23.6 Å². The smallest absolute Gasteiger partial charge is 0.138 e. The van der Waals surface area contributed by atoms with Crippen LogP contribution in [-0.4, -0.2) is 16.4 Å². The van der Waals surface area contributed by atoms with E-state index in [1.54, 1.807) is 0 Å². The number of hydrogen-bond acceptors (Lipinski definition) is 2. The lowest BCUT2D eigenvalue weighted by atomic mass is 10.3. The van der Waals surface area contributed by atoms with Crippen molar-refractivity contribution >= 4 is 34.1 Å². The fourth-order valence-electron chi connectivity index (χ4n) is 1.58. The molecule has 0 spiro atoms. The summed E-state index contributed by atoms with van der Waals surface area (Å²) in [5.41, 5.74) is 2.13. The van der Waals surface area contributed by atoms with Crippen LogP contribution in [0.3, 0.4) is 0 Å². The molecule has 0 bridgehead atoms. The predicted octanol–water partition coefficient (Wildman–Crippen LogP) is 2.54. The zero-order valence-electron chi connectivity index (χ0n) is 8.21. The van der Waals surface area contributed by atoms with Crippen LogP contribution in [0.1, 0.15) is 12.6 Å². The van der Waals surface area contributed by atoms with Gasteiger partial charge in [-0.3, -0.25) is 4.40 Å². The molecule has 2 heterocycles. The number of nitrogens with zero attached hydrogens (tertiary/aromatic N) is 2. The van der Waals surface area contributed by atoms with Crippen molar-refractivity contribution in [2.24, 2.45) is 0 Å². The van der Waals surface area contributed by atoms with E-state index in [2.05, 4.69) is 56.5 Å². The zero-order chi connectivity index (χ0) is 10.1. The summed E-state index contributed by atoms with van der Waals surface area (Å²) in [6.45, 7) is 2.12. The highest BCUT2D eigenvalue weighted by Crippen LogP contribution is 2.19. The van der Waals surface area contributed by atoms with Crippen LogP contribution >= 0.6 is 22.6 Å². The SMILES string of the molecule is CCc1nc2ccc(I)cn2c1NC. The van der Waals surface area contributed by atoms with Gasteiger partial charge in [0.05, 0.1) is 5.69 Å². The molecule has 0 radical (unpaired) electrons. The van der Waals surface area contributed by atoms with Gasteiger partial charge in [-0.1, -0.05) is 6.92 Å². The lowest BCUT2D eigenvalue weighted by molar-refractivity contribution is 1.07. The molecule has 0 amide bonds. The van der Waals surface area contributed by atoms with Crippen LogP contribution in [0.5, 0.6) is 0 Å². The number of imidazole rings is 1. The standard InChI is InChI=1S/C10H12IN3/c1-3-8-10(12-2)14-6-7(11)4-5-9(14)13-8/h4-6,12H,3H2,1-2H3. The Balaban J connectivity index is 2.74. The minimum Gasteiger partial charge on any atom is -0.373 e. The predicted molar refractivity (Wildman–Crippen MR) is 66.8 cm³/mol. The van der Waals surface area contributed by atoms with Crippen molar-refractivity contribution in [2.45, 2.75) is 13.3 Å². The zero-order valence-corrected chi connectivity index (χ0v) is 10.4. The monoisotopic (exact) mass is 301 g/mol. The number of anilines is 1. The lowest BCUT2D eigenvalue weighted by Crippen LogP contribution is -1.97. The summed E-state index contributed by atoms with van der Waals surface area (Å²) in [5.74, 6) is 1.10. The maximum Gasteiger partial charge on any atom is 0.138 e. The van der Waals surface area contributed by atoms with Crippen LogP contribution in [0.15, 0.2) is 18.3 Å². The number of pyridine rings is 1. The molecule has 14 heavy (non-hydrogen) atoms. The second-order valence-corrected chi connectivity index (χ2v) is 4.33. The Morgan fingerprint density at radius 1 is 1.50 bits per heavy atom. The molecule has 1 N–H and O–H groups in total. The average Bonchev–Trinajstić information content (AvgIpc) is 2.54. The summed E-state index contributed by atoms with van der Waals surface area (Å²) < 4.78 is 3.31. The van der Waals surface area contributed by atoms with Crippen LogP contribution in [-0.2, 0) is 6.42 Å². The Labute approximate surface area is 96.7 Å². The average molecular weight is 301 g/mol. The Morgan fingerprint density at radius 3 is 2.93 bits per heavy atom. The molecule has 2 aromatic rings. The van der Waals surface area contributed by atoms with E-state index in [-0.39, 0.29) is 0 Å². The third kappa shape index (κ3) is 1.47. The minimum absolute atomic E-state index is 0.953. The van der Waals surface area contributed by atoms with E-state index >= 15 is 0 Å². The van der Waals surface area contributed by atoms with Crippen LogP contribution in [0, 0.1) is 3.57 Å². The molecule has 0 saturated carbocycles. The van der Waals surface area contributed by atoms with Gasteiger partial charge in [-0.2, -0.15) is 0 Å². The molecule has 0 atom stereocenters. The second kappa shape index (κ2) is 3.76. The molecule has 4 heteroatoms. The summed E-state index contributed by atoms with van der Waals surface area (Å²) in [6, 6.07) is 4.11. The van der Waals surface area contributed by atoms with Gasteiger partial charge < -0.3 is 5.32 Å². The first-order chi connectivity index (χ1) is 6.76. The summed E-state index contributed by atoms with van der Waals surface area (Å²) in [6.07, 6.45) is 3.04. The van der Waals surface area contributed by atoms with Crippen molar-refractivity contribution in [1.82, 2.24) is 9.38 Å². The molecule has 2 aromatic heterocycles. The Kier molecular flexibility index (Phi) is 2.62. The third-order valence-corrected chi connectivity index (χ3v) is 2.86. The molecule has 0 fully saturated rings. The first-order valence-electron chi connectivity index (χ1n) is 4.60. The molecule has 0 saturated heterocycles. The maximum absolute atomic E-state index is 4.54. The van der Waals surface area contributed by atoms with E-state index in [1.165, 1.54) is 3.57 Å². The normalized spacial score (nSPS) is 10.8. The molecule has 2 rings (SSSR count). The van der Waals surface area contributed by atoms with Crippen molar-refractivity contribution in [2.75, 3.05) is 12.4 Å². The molecule has 0 unspecified atom stereocenters. The molecule has 3 nitrogen and oxygen atoms in total. The van der Waals surface area contributed by atoms with Crippen molar-refractivity contribution in [1.29, 1.82) is 0 Å². The lowest BCUT2D eigenvalue weighted by Gasteiger charge is -2.02. The van der Waals surface area contributed by atoms with Crippen LogP contribution in [0.25, 0.3) is 5.65 Å². The number of aryl methyl sites for hydroxylation is 1. The summed E-state index contributed by atoms with van der Waals surface area (Å²) >= 11 is 2.31. The molecule has 0 aliphatic carbocycles. The van der Waals surface area contributed by atoms with Gasteiger partial charge in [0, 0.05) is 16.8 Å². The number of rotatable bonds is 2. The summed E-state index contributed by atoms with van der Waals surface area (Å²) in [4.78, 5) is 4.54. The quantitative estimate of drug-likeness (QED) is 0.864. The van der Waals surface area contributed by atoms with Crippen LogP contribution in [0.2, 0.25) is 0 Å². The van der Waals surface area contributed by atoms with Gasteiger partial charge in [-0.15, -0.1) is 0 Å². The van der Waals surface area contributed by atoms with Crippen molar-refractivity contribution in [3.63, 3.8) is 0 Å². The van der Waals surface area contributed by atoms with E-state index < -0.39 is 0 Å². The molecular weight excluding hydrogens is 289 g/mol. The van der Waals surface area contributed by atoms with Gasteiger partial charge in [-0.25, -0.2) is 4.98 Å². The largest absolute Gasteiger partial charge is 0.373 e. The Bertz CT molecular complexity index is 462. The van der Waals surface area contributed by atoms with E-state index in [0.29, 0.717) is 0 Å². The van der Waals surface area contributed by atoms with Crippen molar-refractivity contribution < 1.29 is 0 Å². The molecule has 0 aliphatic heterocycles. The van der Waals surface area contributed by atoms with Gasteiger partial charge in [-0.05, 0) is 41.1 Å². The highest BCUT2D eigenvalue weighted by molar-refractivity contribution is 14.1. The van der Waals surface area contributed by atoms with Crippen LogP contribution in [0.4, 0.5) is 5.82 Å². The van der Waals surface area contributed by atoms with E-state index in [9.17, 15) is 0 Å². The molecule has 0 aromatic carbocycles. The van der Waals surface area contributed by atoms with Gasteiger partial charge in [0.1, 0.15) is 11.5 Å². The maximum atomic E-state index is 4.54.